The monoisotopic (exact) mass is 273 g/mol. The number of thiocarbonyl (C=S) groups is 1. The van der Waals surface area contributed by atoms with Crippen molar-refractivity contribution < 1.29 is 8.78 Å². The summed E-state index contributed by atoms with van der Waals surface area (Å²) in [6, 6.07) is 2.42. The van der Waals surface area contributed by atoms with E-state index in [4.69, 9.17) is 5.73 Å². The van der Waals surface area contributed by atoms with Crippen LogP contribution in [0.4, 0.5) is 14.5 Å². The van der Waals surface area contributed by atoms with Crippen molar-refractivity contribution in [3.63, 3.8) is 0 Å². The molecular weight excluding hydrogens is 256 g/mol. The zero-order valence-electron chi connectivity index (χ0n) is 10.6. The molecule has 0 bridgehead atoms. The molecule has 0 spiro atoms. The quantitative estimate of drug-likeness (QED) is 0.805. The van der Waals surface area contributed by atoms with Crippen LogP contribution in [0.1, 0.15) is 12.5 Å². The number of likely N-dealkylation sites (N-methyl/N-ethyl adjacent to an activating group) is 1. The highest BCUT2D eigenvalue weighted by atomic mass is 32.1. The molecule has 0 fully saturated rings. The number of hydrogen-bond acceptors (Lipinski definition) is 3. The van der Waals surface area contributed by atoms with E-state index >= 15 is 0 Å². The summed E-state index contributed by atoms with van der Waals surface area (Å²) in [5.41, 5.74) is 5.37. The standard InChI is InChI=1S/C12H17F2N3S/c1-7(17(2)3)6-16-11-9(13)4-8(12(15)18)5-10(11)14/h4-5,7,16H,6H2,1-3H3,(H2,15,18). The van der Waals surface area contributed by atoms with Crippen molar-refractivity contribution in [3.8, 4) is 0 Å². The minimum absolute atomic E-state index is 0.0268. The molecule has 1 rings (SSSR count). The van der Waals surface area contributed by atoms with Gasteiger partial charge in [-0.15, -0.1) is 0 Å². The molecule has 18 heavy (non-hydrogen) atoms. The summed E-state index contributed by atoms with van der Waals surface area (Å²) in [6.45, 7) is 2.39. The van der Waals surface area contributed by atoms with Gasteiger partial charge >= 0.3 is 0 Å². The van der Waals surface area contributed by atoms with Crippen LogP contribution in [-0.2, 0) is 0 Å². The van der Waals surface area contributed by atoms with E-state index in [9.17, 15) is 8.78 Å². The van der Waals surface area contributed by atoms with Crippen LogP contribution >= 0.6 is 12.2 Å². The lowest BCUT2D eigenvalue weighted by atomic mass is 10.1. The van der Waals surface area contributed by atoms with E-state index < -0.39 is 11.6 Å². The minimum Gasteiger partial charge on any atom is -0.389 e. The lowest BCUT2D eigenvalue weighted by Gasteiger charge is -2.21. The molecule has 0 saturated heterocycles. The highest BCUT2D eigenvalue weighted by Crippen LogP contribution is 2.21. The SMILES string of the molecule is CC(CNc1c(F)cc(C(N)=S)cc1F)N(C)C. The Bertz CT molecular complexity index is 426. The maximum atomic E-state index is 13.7. The van der Waals surface area contributed by atoms with Gasteiger partial charge in [0.1, 0.15) is 22.3 Å². The Morgan fingerprint density at radius 3 is 2.28 bits per heavy atom. The van der Waals surface area contributed by atoms with Crippen LogP contribution in [0.5, 0.6) is 0 Å². The third-order valence-corrected chi connectivity index (χ3v) is 3.02. The van der Waals surface area contributed by atoms with Crippen LogP contribution in [-0.4, -0.2) is 36.6 Å². The first kappa shape index (κ1) is 14.8. The topological polar surface area (TPSA) is 41.3 Å². The maximum Gasteiger partial charge on any atom is 0.150 e. The lowest BCUT2D eigenvalue weighted by molar-refractivity contribution is 0.325. The van der Waals surface area contributed by atoms with Crippen molar-refractivity contribution in [2.75, 3.05) is 26.0 Å². The van der Waals surface area contributed by atoms with E-state index in [1.165, 1.54) is 0 Å². The third-order valence-electron chi connectivity index (χ3n) is 2.78. The van der Waals surface area contributed by atoms with Gasteiger partial charge in [0, 0.05) is 18.2 Å². The average molecular weight is 273 g/mol. The van der Waals surface area contributed by atoms with Crippen molar-refractivity contribution in [2.45, 2.75) is 13.0 Å². The summed E-state index contributed by atoms with van der Waals surface area (Å²) in [5.74, 6) is -1.38. The van der Waals surface area contributed by atoms with E-state index in [0.717, 1.165) is 12.1 Å². The van der Waals surface area contributed by atoms with Gasteiger partial charge in [0.15, 0.2) is 0 Å². The van der Waals surface area contributed by atoms with Crippen molar-refractivity contribution in [1.82, 2.24) is 4.90 Å². The van der Waals surface area contributed by atoms with Gasteiger partial charge in [-0.25, -0.2) is 8.78 Å². The number of anilines is 1. The fraction of sp³-hybridized carbons (Fsp3) is 0.417. The highest BCUT2D eigenvalue weighted by molar-refractivity contribution is 7.80. The van der Waals surface area contributed by atoms with Gasteiger partial charge in [-0.3, -0.25) is 0 Å². The largest absolute Gasteiger partial charge is 0.389 e. The van der Waals surface area contributed by atoms with E-state index in [0.29, 0.717) is 6.54 Å². The van der Waals surface area contributed by atoms with Gasteiger partial charge in [0.25, 0.3) is 0 Å². The van der Waals surface area contributed by atoms with Crippen molar-refractivity contribution in [1.29, 1.82) is 0 Å². The Labute approximate surface area is 111 Å². The minimum atomic E-state index is -0.691. The van der Waals surface area contributed by atoms with E-state index in [2.05, 4.69) is 17.5 Å². The van der Waals surface area contributed by atoms with Gasteiger partial charge in [0.05, 0.1) is 0 Å². The highest BCUT2D eigenvalue weighted by Gasteiger charge is 2.13. The number of rotatable bonds is 5. The Morgan fingerprint density at radius 2 is 1.89 bits per heavy atom. The molecule has 0 radical (unpaired) electrons. The first-order valence-electron chi connectivity index (χ1n) is 5.52. The fourth-order valence-electron chi connectivity index (χ4n) is 1.32. The van der Waals surface area contributed by atoms with Crippen LogP contribution in [0.15, 0.2) is 12.1 Å². The predicted octanol–water partition coefficient (Wildman–Crippen LogP) is 1.96. The second-order valence-electron chi connectivity index (χ2n) is 4.37. The van der Waals surface area contributed by atoms with Crippen LogP contribution < -0.4 is 11.1 Å². The molecule has 100 valence electrons. The molecule has 0 heterocycles. The molecule has 3 N–H and O–H groups in total. The Balaban J connectivity index is 2.87. The number of hydrogen-bond donors (Lipinski definition) is 2. The number of nitrogens with one attached hydrogen (secondary N) is 1. The van der Waals surface area contributed by atoms with E-state index in [-0.39, 0.29) is 22.3 Å². The van der Waals surface area contributed by atoms with E-state index in [1.807, 2.05) is 25.9 Å². The molecule has 0 saturated carbocycles. The van der Waals surface area contributed by atoms with Gasteiger partial charge in [0.2, 0.25) is 0 Å². The summed E-state index contributed by atoms with van der Waals surface area (Å²) in [5, 5.41) is 2.75. The molecule has 1 unspecified atom stereocenters. The molecule has 0 aliphatic rings. The third kappa shape index (κ3) is 3.61. The van der Waals surface area contributed by atoms with Gasteiger partial charge < -0.3 is 16.0 Å². The molecule has 6 heteroatoms. The van der Waals surface area contributed by atoms with Crippen LogP contribution in [0, 0.1) is 11.6 Å². The number of nitrogens with two attached hydrogens (primary N) is 1. The van der Waals surface area contributed by atoms with Crippen LogP contribution in [0.3, 0.4) is 0 Å². The summed E-state index contributed by atoms with van der Waals surface area (Å²) in [7, 11) is 3.80. The van der Waals surface area contributed by atoms with Crippen molar-refractivity contribution in [3.05, 3.63) is 29.3 Å². The maximum absolute atomic E-state index is 13.7. The number of halogens is 2. The molecule has 0 aliphatic heterocycles. The Morgan fingerprint density at radius 1 is 1.39 bits per heavy atom. The summed E-state index contributed by atoms with van der Waals surface area (Å²) >= 11 is 4.68. The number of benzene rings is 1. The second-order valence-corrected chi connectivity index (χ2v) is 4.81. The zero-order chi connectivity index (χ0) is 13.9. The Hall–Kier alpha value is -1.27. The molecule has 1 aromatic carbocycles. The van der Waals surface area contributed by atoms with Crippen molar-refractivity contribution in [2.24, 2.45) is 5.73 Å². The summed E-state index contributed by atoms with van der Waals surface area (Å²) in [6.07, 6.45) is 0. The predicted molar refractivity (Wildman–Crippen MR) is 73.9 cm³/mol. The Kier molecular flexibility index (Phi) is 4.98. The first-order chi connectivity index (χ1) is 8.32. The smallest absolute Gasteiger partial charge is 0.150 e. The zero-order valence-corrected chi connectivity index (χ0v) is 11.4. The molecule has 1 aromatic rings. The van der Waals surface area contributed by atoms with Crippen molar-refractivity contribution >= 4 is 22.9 Å². The first-order valence-corrected chi connectivity index (χ1v) is 5.93. The molecular formula is C12H17F2N3S. The second kappa shape index (κ2) is 6.06. The molecule has 0 aromatic heterocycles. The van der Waals surface area contributed by atoms with Gasteiger partial charge in [-0.2, -0.15) is 0 Å². The lowest BCUT2D eigenvalue weighted by Crippen LogP contribution is -2.32. The number of nitrogens with zero attached hydrogens (tertiary/aromatic N) is 1. The summed E-state index contributed by atoms with van der Waals surface area (Å²) in [4.78, 5) is 1.92. The van der Waals surface area contributed by atoms with Gasteiger partial charge in [-0.1, -0.05) is 12.2 Å². The normalized spacial score (nSPS) is 12.6. The average Bonchev–Trinajstić information content (AvgIpc) is 2.26. The van der Waals surface area contributed by atoms with Gasteiger partial charge in [-0.05, 0) is 33.2 Å². The molecule has 3 nitrogen and oxygen atoms in total. The molecule has 0 aliphatic carbocycles. The molecule has 1 atom stereocenters. The fourth-order valence-corrected chi connectivity index (χ4v) is 1.43. The van der Waals surface area contributed by atoms with Crippen LogP contribution in [0.2, 0.25) is 0 Å². The summed E-state index contributed by atoms with van der Waals surface area (Å²) < 4.78 is 27.4. The van der Waals surface area contributed by atoms with Crippen LogP contribution in [0.25, 0.3) is 0 Å². The molecule has 0 amide bonds. The van der Waals surface area contributed by atoms with E-state index in [1.54, 1.807) is 0 Å².